The summed E-state index contributed by atoms with van der Waals surface area (Å²) >= 11 is -0.279. The summed E-state index contributed by atoms with van der Waals surface area (Å²) in [6.45, 7) is 0. The molecule has 0 aliphatic rings. The summed E-state index contributed by atoms with van der Waals surface area (Å²) in [5.41, 5.74) is 0. The monoisotopic (exact) mass is 263 g/mol. The van der Waals surface area contributed by atoms with Gasteiger partial charge in [-0.05, 0) is 0 Å². The second kappa shape index (κ2) is 3.99. The first-order valence-corrected chi connectivity index (χ1v) is 4.86. The fraction of sp³-hybridized carbons (Fsp3) is 1.00. The molecule has 4 heavy (non-hydrogen) atoms. The first-order chi connectivity index (χ1) is 1.91. The average molecular weight is 263 g/mol. The minimum absolute atomic E-state index is 0.182. The Bertz CT molecular complexity index is 10.0. The molecule has 0 rings (SSSR count). The van der Waals surface area contributed by atoms with Crippen LogP contribution in [0.3, 0.4) is 0 Å². The summed E-state index contributed by atoms with van der Waals surface area (Å²) < 4.78 is 0. The molecule has 0 saturated heterocycles. The van der Waals surface area contributed by atoms with Crippen LogP contribution in [0.1, 0.15) is 0 Å². The molecule has 0 aliphatic carbocycles. The van der Waals surface area contributed by atoms with Crippen molar-refractivity contribution < 1.29 is 23.8 Å². The molecule has 0 aliphatic heterocycles. The van der Waals surface area contributed by atoms with Gasteiger partial charge in [-0.15, -0.1) is 0 Å². The third kappa shape index (κ3) is 2.99. The molecule has 0 bridgehead atoms. The van der Waals surface area contributed by atoms with Crippen molar-refractivity contribution in [2.24, 2.45) is 0 Å². The van der Waals surface area contributed by atoms with Crippen molar-refractivity contribution in [1.29, 1.82) is 0 Å². The van der Waals surface area contributed by atoms with E-state index in [1.165, 1.54) is 0 Å². The van der Waals surface area contributed by atoms with Gasteiger partial charge in [-0.3, -0.25) is 0 Å². The molecule has 0 unspecified atom stereocenters. The molecule has 1 N–H and O–H groups in total. The van der Waals surface area contributed by atoms with Gasteiger partial charge in [-0.1, -0.05) is 0 Å². The van der Waals surface area contributed by atoms with Gasteiger partial charge in [-0.2, -0.15) is 0 Å². The molecule has 1 nitrogen and oxygen atoms in total. The van der Waals surface area contributed by atoms with Gasteiger partial charge >= 0.3 is 37.8 Å². The molecule has 0 saturated carbocycles. The Morgan fingerprint density at radius 3 is 2.25 bits per heavy atom. The van der Waals surface area contributed by atoms with Crippen LogP contribution in [-0.2, 0) is 18.7 Å². The number of hydrogen-bond donors (Lipinski definition) is 1. The van der Waals surface area contributed by atoms with Gasteiger partial charge in [0, 0.05) is 0 Å². The standard InChI is InChI=1S/CH3O.Au.ClH/c1-2;;/h2H,1H2;;1H/q;+1;/p-1. The summed E-state index contributed by atoms with van der Waals surface area (Å²) in [5.74, 6) is 0. The van der Waals surface area contributed by atoms with Crippen LogP contribution in [0.15, 0.2) is 0 Å². The van der Waals surface area contributed by atoms with Crippen LogP contribution in [0, 0.1) is 0 Å². The quantitative estimate of drug-likeness (QED) is 0.669. The van der Waals surface area contributed by atoms with Gasteiger partial charge in [0.15, 0.2) is 0 Å². The van der Waals surface area contributed by atoms with Crippen molar-refractivity contribution in [2.45, 2.75) is 0 Å². The Hall–Kier alpha value is 0.990. The molecule has 0 atom stereocenters. The zero-order valence-electron chi connectivity index (χ0n) is 1.83. The van der Waals surface area contributed by atoms with Gasteiger partial charge in [0.25, 0.3) is 0 Å². The second-order valence-corrected chi connectivity index (χ2v) is 2.76. The van der Waals surface area contributed by atoms with Gasteiger partial charge in [0.1, 0.15) is 0 Å². The number of aliphatic hydroxyl groups excluding tert-OH is 1. The van der Waals surface area contributed by atoms with Crippen LogP contribution in [0.4, 0.5) is 0 Å². The molecule has 0 spiro atoms. The van der Waals surface area contributed by atoms with E-state index >= 15 is 0 Å². The molecular formula is CH3AuClO. The first kappa shape index (κ1) is 4.99. The van der Waals surface area contributed by atoms with E-state index in [9.17, 15) is 0 Å². The van der Waals surface area contributed by atoms with Crippen LogP contribution in [0.25, 0.3) is 0 Å². The summed E-state index contributed by atoms with van der Waals surface area (Å²) in [4.78, 5) is 0.182. The predicted molar refractivity (Wildman–Crippen MR) is 12.9 cm³/mol. The summed E-state index contributed by atoms with van der Waals surface area (Å²) in [6, 6.07) is 0. The molecule has 31 valence electrons. The maximum absolute atomic E-state index is 7.79. The average Bonchev–Trinajstić information content (AvgIpc) is 1.37. The van der Waals surface area contributed by atoms with Gasteiger partial charge in [0.05, 0.1) is 0 Å². The number of rotatable bonds is 1. The number of halogens is 1. The minimum atomic E-state index is -0.279. The van der Waals surface area contributed by atoms with Crippen LogP contribution < -0.4 is 0 Å². The third-order valence-electron chi connectivity index (χ3n) is 0.0360. The van der Waals surface area contributed by atoms with E-state index in [1.54, 1.807) is 0 Å². The van der Waals surface area contributed by atoms with Crippen LogP contribution in [0.5, 0.6) is 0 Å². The first-order valence-electron chi connectivity index (χ1n) is 0.643. The summed E-state index contributed by atoms with van der Waals surface area (Å²) in [5, 5.41) is 7.79. The van der Waals surface area contributed by atoms with Crippen LogP contribution >= 0.6 is 9.19 Å². The topological polar surface area (TPSA) is 20.2 Å². The van der Waals surface area contributed by atoms with E-state index in [0.717, 1.165) is 0 Å². The predicted octanol–water partition coefficient (Wildman–Crippen LogP) is 0.172. The second-order valence-electron chi connectivity index (χ2n) is 0.176. The Balaban J connectivity index is 1.97. The Kier molecular flexibility index (Phi) is 4.98. The van der Waals surface area contributed by atoms with Crippen molar-refractivity contribution in [3.05, 3.63) is 0 Å². The number of aliphatic hydroxyl groups is 1. The van der Waals surface area contributed by atoms with E-state index in [-0.39, 0.29) is 23.5 Å². The van der Waals surface area contributed by atoms with Crippen molar-refractivity contribution in [1.82, 2.24) is 0 Å². The molecule has 0 aromatic heterocycles. The zero-order chi connectivity index (χ0) is 3.41. The fourth-order valence-corrected chi connectivity index (χ4v) is 0. The molecule has 0 radical (unpaired) electrons. The molecule has 0 amide bonds. The van der Waals surface area contributed by atoms with Crippen molar-refractivity contribution in [3.63, 3.8) is 0 Å². The molecular weight excluding hydrogens is 260 g/mol. The van der Waals surface area contributed by atoms with E-state index in [2.05, 4.69) is 0 Å². The van der Waals surface area contributed by atoms with Crippen LogP contribution in [0.2, 0.25) is 0 Å². The van der Waals surface area contributed by atoms with Crippen molar-refractivity contribution >= 4 is 9.19 Å². The number of hydrogen-bond acceptors (Lipinski definition) is 1. The normalized spacial score (nSPS) is 8.50. The van der Waals surface area contributed by atoms with Gasteiger partial charge in [-0.25, -0.2) is 0 Å². The van der Waals surface area contributed by atoms with Crippen molar-refractivity contribution in [3.8, 4) is 0 Å². The van der Waals surface area contributed by atoms with E-state index in [1.807, 2.05) is 0 Å². The Labute approximate surface area is 38.1 Å². The van der Waals surface area contributed by atoms with E-state index in [4.69, 9.17) is 14.3 Å². The van der Waals surface area contributed by atoms with E-state index < -0.39 is 0 Å². The summed E-state index contributed by atoms with van der Waals surface area (Å²) in [7, 11) is 5.03. The summed E-state index contributed by atoms with van der Waals surface area (Å²) in [6.07, 6.45) is 0. The van der Waals surface area contributed by atoms with Gasteiger partial charge < -0.3 is 0 Å². The molecule has 3 heteroatoms. The molecule has 0 fully saturated rings. The fourth-order valence-electron chi connectivity index (χ4n) is 0. The molecule has 0 aromatic carbocycles. The van der Waals surface area contributed by atoms with Gasteiger partial charge in [0.2, 0.25) is 0 Å². The third-order valence-corrected chi connectivity index (χ3v) is 0.885. The molecule has 0 aromatic rings. The zero-order valence-corrected chi connectivity index (χ0v) is 4.76. The van der Waals surface area contributed by atoms with E-state index in [0.29, 0.717) is 0 Å². The SMILES string of the molecule is O[CH2][Au][Cl]. The molecule has 0 heterocycles. The van der Waals surface area contributed by atoms with Crippen molar-refractivity contribution in [2.75, 3.05) is 4.82 Å². The Morgan fingerprint density at radius 1 is 2.00 bits per heavy atom. The maximum atomic E-state index is 7.79. The Morgan fingerprint density at radius 2 is 2.25 bits per heavy atom. The van der Waals surface area contributed by atoms with Crippen LogP contribution in [-0.4, -0.2) is 9.93 Å².